The third-order valence-electron chi connectivity index (χ3n) is 4.43. The normalized spacial score (nSPS) is 12.0. The lowest BCUT2D eigenvalue weighted by Gasteiger charge is -2.28. The van der Waals surface area contributed by atoms with Gasteiger partial charge in [-0.2, -0.15) is 0 Å². The number of hydroxylamine groups is 1. The smallest absolute Gasteiger partial charge is 0.268 e. The zero-order valence-corrected chi connectivity index (χ0v) is 17.7. The number of alkyl halides is 2. The molecule has 0 aliphatic carbocycles. The van der Waals surface area contributed by atoms with Gasteiger partial charge in [0.25, 0.3) is 18.2 Å². The van der Waals surface area contributed by atoms with Crippen LogP contribution in [0.15, 0.2) is 48.5 Å². The molecule has 2 amide bonds. The molecule has 5 N–H and O–H groups in total. The van der Waals surface area contributed by atoms with Crippen LogP contribution in [0.2, 0.25) is 0 Å². The first kappa shape index (κ1) is 24.9. The predicted octanol–water partition coefficient (Wildman–Crippen LogP) is 1.82. The minimum atomic E-state index is -2.39. The van der Waals surface area contributed by atoms with E-state index in [2.05, 4.69) is 22.5 Å². The third-order valence-corrected chi connectivity index (χ3v) is 4.43. The Labute approximate surface area is 184 Å². The molecule has 2 aromatic rings. The van der Waals surface area contributed by atoms with Gasteiger partial charge in [0.2, 0.25) is 0 Å². The highest BCUT2D eigenvalue weighted by atomic mass is 19.3. The number of nitrogens with one attached hydrogen (secondary N) is 3. The molecule has 0 aliphatic heterocycles. The maximum Gasteiger partial charge on any atom is 0.268 e. The van der Waals surface area contributed by atoms with Crippen LogP contribution in [0.3, 0.4) is 0 Å². The minimum Gasteiger partial charge on any atom is -0.388 e. The van der Waals surface area contributed by atoms with Crippen LogP contribution in [0, 0.1) is 11.8 Å². The summed E-state index contributed by atoms with van der Waals surface area (Å²) >= 11 is 0. The molecule has 170 valence electrons. The molecule has 0 saturated carbocycles. The van der Waals surface area contributed by atoms with Crippen molar-refractivity contribution in [2.24, 2.45) is 0 Å². The van der Waals surface area contributed by atoms with Crippen molar-refractivity contribution in [3.8, 4) is 11.8 Å². The summed E-state index contributed by atoms with van der Waals surface area (Å²) in [6, 6.07) is 12.1. The molecular formula is C23H25F2N3O4. The summed E-state index contributed by atoms with van der Waals surface area (Å²) < 4.78 is 24.3. The Morgan fingerprint density at radius 3 is 2.00 bits per heavy atom. The monoisotopic (exact) mass is 445 g/mol. The highest BCUT2D eigenvalue weighted by molar-refractivity contribution is 5.97. The van der Waals surface area contributed by atoms with Crippen LogP contribution in [0.25, 0.3) is 0 Å². The first-order valence-corrected chi connectivity index (χ1v) is 9.77. The van der Waals surface area contributed by atoms with Crippen molar-refractivity contribution in [1.29, 1.82) is 0 Å². The van der Waals surface area contributed by atoms with Crippen LogP contribution in [0.5, 0.6) is 0 Å². The van der Waals surface area contributed by atoms with E-state index in [0.29, 0.717) is 12.1 Å². The molecule has 0 radical (unpaired) electrons. The summed E-state index contributed by atoms with van der Waals surface area (Å²) in [5.74, 6) is 4.40. The number of hydrogen-bond acceptors (Lipinski definition) is 5. The molecule has 7 nitrogen and oxygen atoms in total. The predicted molar refractivity (Wildman–Crippen MR) is 114 cm³/mol. The molecular weight excluding hydrogens is 420 g/mol. The van der Waals surface area contributed by atoms with E-state index in [1.165, 1.54) is 31.5 Å². The highest BCUT2D eigenvalue weighted by Gasteiger charge is 2.34. The minimum absolute atomic E-state index is 0.246. The number of rotatable bonds is 8. The maximum atomic E-state index is 12.4. The van der Waals surface area contributed by atoms with Crippen molar-refractivity contribution in [2.45, 2.75) is 38.5 Å². The first-order chi connectivity index (χ1) is 15.1. The van der Waals surface area contributed by atoms with Gasteiger partial charge in [-0.25, -0.2) is 14.3 Å². The van der Waals surface area contributed by atoms with Crippen LogP contribution in [0.1, 0.15) is 40.9 Å². The quantitative estimate of drug-likeness (QED) is 0.242. The van der Waals surface area contributed by atoms with Crippen LogP contribution in [-0.2, 0) is 11.3 Å². The van der Waals surface area contributed by atoms with Gasteiger partial charge in [-0.15, -0.1) is 0 Å². The summed E-state index contributed by atoms with van der Waals surface area (Å²) in [4.78, 5) is 24.1. The van der Waals surface area contributed by atoms with Gasteiger partial charge in [-0.05, 0) is 55.8 Å². The summed E-state index contributed by atoms with van der Waals surface area (Å²) in [5, 5.41) is 23.9. The van der Waals surface area contributed by atoms with Gasteiger partial charge in [-0.3, -0.25) is 14.8 Å². The average molecular weight is 445 g/mol. The molecule has 1 atom stereocenters. The van der Waals surface area contributed by atoms with E-state index in [-0.39, 0.29) is 12.1 Å². The Hall–Kier alpha value is -3.32. The fourth-order valence-corrected chi connectivity index (χ4v) is 2.72. The molecule has 2 aromatic carbocycles. The molecule has 0 fully saturated rings. The zero-order valence-electron chi connectivity index (χ0n) is 17.7. The van der Waals surface area contributed by atoms with Crippen molar-refractivity contribution in [3.63, 3.8) is 0 Å². The number of carbonyl (C=O) groups is 2. The molecule has 0 spiro atoms. The average Bonchev–Trinajstić information content (AvgIpc) is 2.75. The van der Waals surface area contributed by atoms with Gasteiger partial charge in [0.1, 0.15) is 6.04 Å². The Morgan fingerprint density at radius 2 is 1.53 bits per heavy atom. The lowest BCUT2D eigenvalue weighted by atomic mass is 9.97. The fraction of sp³-hybridized carbons (Fsp3) is 0.304. The molecule has 0 unspecified atom stereocenters. The van der Waals surface area contributed by atoms with Gasteiger partial charge in [0, 0.05) is 23.2 Å². The lowest BCUT2D eigenvalue weighted by molar-refractivity contribution is -0.136. The van der Waals surface area contributed by atoms with Gasteiger partial charge >= 0.3 is 0 Å². The van der Waals surface area contributed by atoms with E-state index in [1.54, 1.807) is 36.4 Å². The zero-order chi connectivity index (χ0) is 23.7. The number of benzene rings is 2. The van der Waals surface area contributed by atoms with E-state index in [9.17, 15) is 23.5 Å². The van der Waals surface area contributed by atoms with Crippen LogP contribution in [0.4, 0.5) is 8.78 Å². The second-order valence-electron chi connectivity index (χ2n) is 7.58. The summed E-state index contributed by atoms with van der Waals surface area (Å²) in [6.45, 7) is 2.65. The molecule has 9 heteroatoms. The molecule has 2 rings (SSSR count). The molecule has 0 saturated heterocycles. The molecule has 0 aromatic heterocycles. The largest absolute Gasteiger partial charge is 0.388 e. The van der Waals surface area contributed by atoms with E-state index in [4.69, 9.17) is 5.21 Å². The lowest BCUT2D eigenvalue weighted by Crippen LogP contribution is -2.57. The van der Waals surface area contributed by atoms with Crippen molar-refractivity contribution < 1.29 is 28.7 Å². The van der Waals surface area contributed by atoms with E-state index < -0.39 is 29.9 Å². The Kier molecular flexibility index (Phi) is 8.84. The Balaban J connectivity index is 2.00. The SMILES string of the molecule is CC(C)(O)[C@H](NC(=O)c1ccc(C#Cc2ccc(CNCC(F)F)cc2)cc1)C(=O)NO. The van der Waals surface area contributed by atoms with Gasteiger partial charge in [0.15, 0.2) is 0 Å². The van der Waals surface area contributed by atoms with Gasteiger partial charge in [0.05, 0.1) is 12.1 Å². The number of amides is 2. The number of aliphatic hydroxyl groups is 1. The van der Waals surface area contributed by atoms with Gasteiger partial charge < -0.3 is 15.7 Å². The summed E-state index contributed by atoms with van der Waals surface area (Å²) in [5.41, 5.74) is 2.33. The van der Waals surface area contributed by atoms with Crippen molar-refractivity contribution in [3.05, 3.63) is 70.8 Å². The summed E-state index contributed by atoms with van der Waals surface area (Å²) in [6.07, 6.45) is -2.39. The van der Waals surface area contributed by atoms with Gasteiger partial charge in [-0.1, -0.05) is 24.0 Å². The fourth-order valence-electron chi connectivity index (χ4n) is 2.72. The number of carbonyl (C=O) groups excluding carboxylic acids is 2. The van der Waals surface area contributed by atoms with Crippen LogP contribution in [-0.4, -0.2) is 46.7 Å². The topological polar surface area (TPSA) is 111 Å². The summed E-state index contributed by atoms with van der Waals surface area (Å²) in [7, 11) is 0. The van der Waals surface area contributed by atoms with E-state index >= 15 is 0 Å². The van der Waals surface area contributed by atoms with E-state index in [0.717, 1.165) is 11.1 Å². The van der Waals surface area contributed by atoms with Crippen molar-refractivity contribution >= 4 is 11.8 Å². The second-order valence-corrected chi connectivity index (χ2v) is 7.58. The highest BCUT2D eigenvalue weighted by Crippen LogP contribution is 2.11. The standard InChI is InChI=1S/C23H25F2N3O4/c1-23(2,31)20(22(30)28-32)27-21(29)18-11-9-16(10-12-18)4-3-15-5-7-17(8-6-15)13-26-14-19(24)25/h5-12,19-20,26,31-32H,13-14H2,1-2H3,(H,27,29)(H,28,30)/t20-/m1/s1. The van der Waals surface area contributed by atoms with Crippen LogP contribution < -0.4 is 16.1 Å². The van der Waals surface area contributed by atoms with E-state index in [1.807, 2.05) is 0 Å². The van der Waals surface area contributed by atoms with Crippen LogP contribution >= 0.6 is 0 Å². The Bertz CT molecular complexity index is 976. The second kappa shape index (κ2) is 11.3. The Morgan fingerprint density at radius 1 is 1.00 bits per heavy atom. The number of halogens is 2. The first-order valence-electron chi connectivity index (χ1n) is 9.77. The molecule has 0 heterocycles. The number of hydrogen-bond donors (Lipinski definition) is 5. The third kappa shape index (κ3) is 7.74. The molecule has 0 bridgehead atoms. The molecule has 32 heavy (non-hydrogen) atoms. The maximum absolute atomic E-state index is 12.4. The molecule has 0 aliphatic rings. The van der Waals surface area contributed by atoms with Crippen molar-refractivity contribution in [2.75, 3.05) is 6.54 Å². The van der Waals surface area contributed by atoms with Crippen molar-refractivity contribution in [1.82, 2.24) is 16.1 Å².